The van der Waals surface area contributed by atoms with Gasteiger partial charge in [-0.1, -0.05) is 25.1 Å². The number of piperidine rings is 1. The van der Waals surface area contributed by atoms with Crippen molar-refractivity contribution in [1.29, 1.82) is 0 Å². The molecule has 0 bridgehead atoms. The van der Waals surface area contributed by atoms with E-state index in [-0.39, 0.29) is 48.4 Å². The maximum atomic E-state index is 12.9. The molecule has 1 saturated heterocycles. The minimum Gasteiger partial charge on any atom is -0.369 e. The van der Waals surface area contributed by atoms with Crippen LogP contribution in [0.3, 0.4) is 0 Å². The van der Waals surface area contributed by atoms with E-state index in [4.69, 9.17) is 5.73 Å². The van der Waals surface area contributed by atoms with Crippen molar-refractivity contribution in [3.05, 3.63) is 35.4 Å². The first-order chi connectivity index (χ1) is 14.2. The summed E-state index contributed by atoms with van der Waals surface area (Å²) in [4.78, 5) is 17.7. The van der Waals surface area contributed by atoms with Gasteiger partial charge < -0.3 is 16.4 Å². The Bertz CT molecular complexity index is 721. The summed E-state index contributed by atoms with van der Waals surface area (Å²) < 4.78 is 38.8. The highest BCUT2D eigenvalue weighted by molar-refractivity contribution is 14.0. The zero-order chi connectivity index (χ0) is 22.1. The van der Waals surface area contributed by atoms with Gasteiger partial charge in [0.2, 0.25) is 5.91 Å². The van der Waals surface area contributed by atoms with Gasteiger partial charge in [-0.25, -0.2) is 0 Å². The molecule has 1 aliphatic rings. The van der Waals surface area contributed by atoms with Gasteiger partial charge in [0.1, 0.15) is 0 Å². The minimum absolute atomic E-state index is 0. The van der Waals surface area contributed by atoms with Crippen LogP contribution in [0.25, 0.3) is 0 Å². The van der Waals surface area contributed by atoms with Gasteiger partial charge in [0.05, 0.1) is 12.1 Å². The molecule has 1 aromatic carbocycles. The third-order valence-corrected chi connectivity index (χ3v) is 5.27. The van der Waals surface area contributed by atoms with Crippen LogP contribution < -0.4 is 16.4 Å². The molecule has 1 atom stereocenters. The lowest BCUT2D eigenvalue weighted by molar-refractivity contribution is -0.137. The first kappa shape index (κ1) is 27.5. The van der Waals surface area contributed by atoms with Gasteiger partial charge in [-0.2, -0.15) is 13.2 Å². The van der Waals surface area contributed by atoms with Gasteiger partial charge >= 0.3 is 6.18 Å². The molecule has 0 spiro atoms. The highest BCUT2D eigenvalue weighted by Gasteiger charge is 2.30. The van der Waals surface area contributed by atoms with Gasteiger partial charge in [0.15, 0.2) is 5.96 Å². The van der Waals surface area contributed by atoms with E-state index in [0.29, 0.717) is 24.5 Å². The predicted molar refractivity (Wildman–Crippen MR) is 128 cm³/mol. The number of nitrogens with one attached hydrogen (secondary N) is 2. The molecule has 1 fully saturated rings. The van der Waals surface area contributed by atoms with Crippen LogP contribution in [0.2, 0.25) is 0 Å². The largest absolute Gasteiger partial charge is 0.416 e. The van der Waals surface area contributed by atoms with Crippen LogP contribution in [-0.4, -0.2) is 55.5 Å². The molecule has 1 aliphatic heterocycles. The Morgan fingerprint density at radius 3 is 2.58 bits per heavy atom. The van der Waals surface area contributed by atoms with E-state index in [0.717, 1.165) is 38.5 Å². The summed E-state index contributed by atoms with van der Waals surface area (Å²) in [5.41, 5.74) is 5.30. The van der Waals surface area contributed by atoms with Crippen LogP contribution >= 0.6 is 24.0 Å². The summed E-state index contributed by atoms with van der Waals surface area (Å²) in [5.74, 6) is 0.365. The quantitative estimate of drug-likeness (QED) is 0.261. The summed E-state index contributed by atoms with van der Waals surface area (Å²) in [5, 5.41) is 6.64. The molecule has 0 saturated carbocycles. The lowest BCUT2D eigenvalue weighted by atomic mass is 9.96. The number of nitrogens with two attached hydrogens (primary N) is 1. The highest BCUT2D eigenvalue weighted by Crippen LogP contribution is 2.31. The number of aliphatic imine (C=N–C) groups is 1. The first-order valence-electron chi connectivity index (χ1n) is 10.4. The molecule has 31 heavy (non-hydrogen) atoms. The van der Waals surface area contributed by atoms with E-state index in [1.54, 1.807) is 6.07 Å². The van der Waals surface area contributed by atoms with Crippen molar-refractivity contribution >= 4 is 35.8 Å². The molecular weight excluding hydrogens is 522 g/mol. The van der Waals surface area contributed by atoms with E-state index in [1.165, 1.54) is 12.1 Å². The third kappa shape index (κ3) is 9.63. The fourth-order valence-electron chi connectivity index (χ4n) is 3.53. The number of carbonyl (C=O) groups is 1. The Morgan fingerprint density at radius 2 is 2.00 bits per heavy atom. The number of halogens is 4. The fourth-order valence-corrected chi connectivity index (χ4v) is 3.53. The summed E-state index contributed by atoms with van der Waals surface area (Å²) in [6, 6.07) is 5.75. The number of rotatable bonds is 8. The Balaban J connectivity index is 0.00000480. The number of amides is 1. The monoisotopic (exact) mass is 555 g/mol. The second-order valence-corrected chi connectivity index (χ2v) is 7.73. The highest BCUT2D eigenvalue weighted by atomic mass is 127. The maximum absolute atomic E-state index is 12.9. The normalized spacial score (nSPS) is 17.0. The topological polar surface area (TPSA) is 82.8 Å². The minimum atomic E-state index is -4.33. The molecule has 0 aliphatic carbocycles. The number of primary amides is 1. The van der Waals surface area contributed by atoms with Crippen molar-refractivity contribution in [2.24, 2.45) is 10.7 Å². The van der Waals surface area contributed by atoms with Crippen LogP contribution in [0.4, 0.5) is 13.2 Å². The van der Waals surface area contributed by atoms with Gasteiger partial charge in [-0.05, 0) is 43.7 Å². The van der Waals surface area contributed by atoms with Gasteiger partial charge in [-0.3, -0.25) is 14.7 Å². The number of hydrogen-bond donors (Lipinski definition) is 3. The second kappa shape index (κ2) is 13.1. The van der Waals surface area contributed by atoms with Crippen molar-refractivity contribution in [1.82, 2.24) is 15.5 Å². The maximum Gasteiger partial charge on any atom is 0.416 e. The Hall–Kier alpha value is -1.56. The molecular formula is C21H33F3IN5O. The Kier molecular flexibility index (Phi) is 11.6. The number of alkyl halides is 3. The average Bonchev–Trinajstić information content (AvgIpc) is 2.68. The van der Waals surface area contributed by atoms with Crippen LogP contribution in [-0.2, 0) is 11.0 Å². The summed E-state index contributed by atoms with van der Waals surface area (Å²) in [7, 11) is 0. The van der Waals surface area contributed by atoms with E-state index < -0.39 is 11.7 Å². The van der Waals surface area contributed by atoms with E-state index in [1.807, 2.05) is 18.7 Å². The third-order valence-electron chi connectivity index (χ3n) is 5.27. The Morgan fingerprint density at radius 1 is 1.32 bits per heavy atom. The molecule has 10 heteroatoms. The lowest BCUT2D eigenvalue weighted by Gasteiger charge is -2.32. The molecule has 2 rings (SSSR count). The number of nitrogens with zero attached hydrogens (tertiary/aromatic N) is 2. The van der Waals surface area contributed by atoms with Crippen LogP contribution in [0.15, 0.2) is 29.3 Å². The van der Waals surface area contributed by atoms with Crippen LogP contribution in [0.5, 0.6) is 0 Å². The summed E-state index contributed by atoms with van der Waals surface area (Å²) in [6.45, 7) is 7.01. The second-order valence-electron chi connectivity index (χ2n) is 7.73. The standard InChI is InChI=1S/C21H32F3N5O.HI/c1-3-26-20(28-18-8-11-29(12-9-18)14-19(25)30)27-10-7-15(2)16-5-4-6-17(13-16)21(22,23)24;/h4-6,13,15,18H,3,7-12,14H2,1-2H3,(H2,25,30)(H2,26,27,28);1H. The van der Waals surface area contributed by atoms with Gasteiger partial charge in [0, 0.05) is 32.2 Å². The van der Waals surface area contributed by atoms with Crippen molar-refractivity contribution in [3.8, 4) is 0 Å². The molecule has 1 heterocycles. The molecule has 176 valence electrons. The molecule has 4 N–H and O–H groups in total. The summed E-state index contributed by atoms with van der Waals surface area (Å²) in [6.07, 6.45) is -1.91. The van der Waals surface area contributed by atoms with Crippen molar-refractivity contribution in [3.63, 3.8) is 0 Å². The number of guanidine groups is 1. The van der Waals surface area contributed by atoms with E-state index in [2.05, 4.69) is 15.6 Å². The van der Waals surface area contributed by atoms with Crippen molar-refractivity contribution in [2.75, 3.05) is 32.7 Å². The SMILES string of the molecule is CCNC(=NCCC(C)c1cccc(C(F)(F)F)c1)NC1CCN(CC(N)=O)CC1.I. The number of benzene rings is 1. The molecule has 0 aromatic heterocycles. The van der Waals surface area contributed by atoms with Crippen molar-refractivity contribution < 1.29 is 18.0 Å². The fraction of sp³-hybridized carbons (Fsp3) is 0.619. The zero-order valence-electron chi connectivity index (χ0n) is 18.0. The van der Waals surface area contributed by atoms with Crippen LogP contribution in [0.1, 0.15) is 50.2 Å². The number of hydrogen-bond acceptors (Lipinski definition) is 3. The van der Waals surface area contributed by atoms with Crippen LogP contribution in [0, 0.1) is 0 Å². The van der Waals surface area contributed by atoms with Gasteiger partial charge in [0.25, 0.3) is 0 Å². The van der Waals surface area contributed by atoms with E-state index in [9.17, 15) is 18.0 Å². The molecule has 6 nitrogen and oxygen atoms in total. The Labute approximate surface area is 199 Å². The van der Waals surface area contributed by atoms with E-state index >= 15 is 0 Å². The first-order valence-corrected chi connectivity index (χ1v) is 10.4. The zero-order valence-corrected chi connectivity index (χ0v) is 20.4. The summed E-state index contributed by atoms with van der Waals surface area (Å²) >= 11 is 0. The smallest absolute Gasteiger partial charge is 0.369 e. The molecule has 0 radical (unpaired) electrons. The van der Waals surface area contributed by atoms with Crippen molar-refractivity contribution in [2.45, 2.75) is 51.2 Å². The lowest BCUT2D eigenvalue weighted by Crippen LogP contribution is -2.49. The average molecular weight is 555 g/mol. The number of likely N-dealkylation sites (tertiary alicyclic amines) is 1. The molecule has 1 aromatic rings. The molecule has 1 unspecified atom stereocenters. The van der Waals surface area contributed by atoms with Gasteiger partial charge in [-0.15, -0.1) is 24.0 Å². The predicted octanol–water partition coefficient (Wildman–Crippen LogP) is 3.32. The number of carbonyl (C=O) groups excluding carboxylic acids is 1. The molecule has 1 amide bonds.